The number of aryl methyl sites for hydroxylation is 1. The highest BCUT2D eigenvalue weighted by Crippen LogP contribution is 2.26. The van der Waals surface area contributed by atoms with Crippen molar-refractivity contribution in [3.05, 3.63) is 29.6 Å². The summed E-state index contributed by atoms with van der Waals surface area (Å²) in [5, 5.41) is 3.94. The quantitative estimate of drug-likeness (QED) is 0.895. The SMILES string of the molecule is CCCC(N)c1noc(-c2ccc(C)c(OC)c2)n1. The Balaban J connectivity index is 2.27. The lowest BCUT2D eigenvalue weighted by Crippen LogP contribution is -2.11. The molecule has 2 N–H and O–H groups in total. The van der Waals surface area contributed by atoms with Gasteiger partial charge < -0.3 is 15.0 Å². The summed E-state index contributed by atoms with van der Waals surface area (Å²) < 4.78 is 10.5. The molecule has 0 aliphatic rings. The lowest BCUT2D eigenvalue weighted by molar-refractivity contribution is 0.407. The summed E-state index contributed by atoms with van der Waals surface area (Å²) in [6.07, 6.45) is 1.83. The lowest BCUT2D eigenvalue weighted by Gasteiger charge is -2.05. The van der Waals surface area contributed by atoms with E-state index in [9.17, 15) is 0 Å². The Hall–Kier alpha value is -1.88. The minimum absolute atomic E-state index is 0.171. The summed E-state index contributed by atoms with van der Waals surface area (Å²) in [7, 11) is 1.64. The van der Waals surface area contributed by atoms with Crippen molar-refractivity contribution in [2.75, 3.05) is 7.11 Å². The molecule has 0 saturated carbocycles. The van der Waals surface area contributed by atoms with Crippen LogP contribution in [0, 0.1) is 6.92 Å². The van der Waals surface area contributed by atoms with Crippen molar-refractivity contribution in [3.8, 4) is 17.2 Å². The molecule has 2 rings (SSSR count). The Morgan fingerprint density at radius 1 is 1.42 bits per heavy atom. The highest BCUT2D eigenvalue weighted by molar-refractivity contribution is 5.57. The Morgan fingerprint density at radius 2 is 2.21 bits per heavy atom. The Labute approximate surface area is 112 Å². The highest BCUT2D eigenvalue weighted by Gasteiger charge is 2.15. The second-order valence-corrected chi connectivity index (χ2v) is 4.54. The van der Waals surface area contributed by atoms with Crippen LogP contribution in [0.5, 0.6) is 5.75 Å². The van der Waals surface area contributed by atoms with E-state index in [1.54, 1.807) is 7.11 Å². The molecular weight excluding hydrogens is 242 g/mol. The van der Waals surface area contributed by atoms with E-state index >= 15 is 0 Å². The minimum atomic E-state index is -0.171. The van der Waals surface area contributed by atoms with Crippen LogP contribution >= 0.6 is 0 Å². The Kier molecular flexibility index (Phi) is 4.16. The van der Waals surface area contributed by atoms with Gasteiger partial charge in [-0.05, 0) is 31.0 Å². The summed E-state index contributed by atoms with van der Waals surface area (Å²) in [4.78, 5) is 4.35. The monoisotopic (exact) mass is 261 g/mol. The van der Waals surface area contributed by atoms with Gasteiger partial charge in [-0.2, -0.15) is 4.98 Å². The number of rotatable bonds is 5. The molecule has 102 valence electrons. The second kappa shape index (κ2) is 5.84. The highest BCUT2D eigenvalue weighted by atomic mass is 16.5. The number of aromatic nitrogens is 2. The van der Waals surface area contributed by atoms with Crippen molar-refractivity contribution in [1.29, 1.82) is 0 Å². The first-order valence-corrected chi connectivity index (χ1v) is 6.40. The molecule has 0 radical (unpaired) electrons. The fourth-order valence-corrected chi connectivity index (χ4v) is 1.90. The van der Waals surface area contributed by atoms with Gasteiger partial charge in [0, 0.05) is 5.56 Å². The molecule has 0 aliphatic carbocycles. The minimum Gasteiger partial charge on any atom is -0.496 e. The van der Waals surface area contributed by atoms with Gasteiger partial charge in [-0.3, -0.25) is 0 Å². The zero-order valence-corrected chi connectivity index (χ0v) is 11.5. The maximum Gasteiger partial charge on any atom is 0.258 e. The molecule has 5 nitrogen and oxygen atoms in total. The fraction of sp³-hybridized carbons (Fsp3) is 0.429. The van der Waals surface area contributed by atoms with Crippen LogP contribution in [0.4, 0.5) is 0 Å². The predicted molar refractivity (Wildman–Crippen MR) is 72.9 cm³/mol. The van der Waals surface area contributed by atoms with Crippen molar-refractivity contribution in [1.82, 2.24) is 10.1 Å². The van der Waals surface area contributed by atoms with Crippen molar-refractivity contribution >= 4 is 0 Å². The van der Waals surface area contributed by atoms with E-state index in [-0.39, 0.29) is 6.04 Å². The largest absolute Gasteiger partial charge is 0.496 e. The maximum atomic E-state index is 5.97. The van der Waals surface area contributed by atoms with E-state index in [1.165, 1.54) is 0 Å². The third kappa shape index (κ3) is 2.93. The van der Waals surface area contributed by atoms with Crippen LogP contribution < -0.4 is 10.5 Å². The van der Waals surface area contributed by atoms with Gasteiger partial charge in [0.15, 0.2) is 5.82 Å². The van der Waals surface area contributed by atoms with Gasteiger partial charge in [0.25, 0.3) is 5.89 Å². The van der Waals surface area contributed by atoms with E-state index in [1.807, 2.05) is 25.1 Å². The van der Waals surface area contributed by atoms with E-state index in [4.69, 9.17) is 15.0 Å². The van der Waals surface area contributed by atoms with Gasteiger partial charge >= 0.3 is 0 Å². The molecule has 0 amide bonds. The van der Waals surface area contributed by atoms with Crippen LogP contribution in [-0.4, -0.2) is 17.3 Å². The third-order valence-corrected chi connectivity index (χ3v) is 3.03. The molecule has 0 fully saturated rings. The summed E-state index contributed by atoms with van der Waals surface area (Å²) in [5.41, 5.74) is 7.87. The Bertz CT molecular complexity index is 551. The van der Waals surface area contributed by atoms with Crippen LogP contribution in [0.15, 0.2) is 22.7 Å². The van der Waals surface area contributed by atoms with Crippen molar-refractivity contribution < 1.29 is 9.26 Å². The van der Waals surface area contributed by atoms with Gasteiger partial charge in [0.1, 0.15) is 5.75 Å². The average Bonchev–Trinajstić information content (AvgIpc) is 2.89. The molecule has 1 atom stereocenters. The van der Waals surface area contributed by atoms with E-state index in [2.05, 4.69) is 17.1 Å². The van der Waals surface area contributed by atoms with Crippen LogP contribution in [0.25, 0.3) is 11.5 Å². The molecular formula is C14H19N3O2. The van der Waals surface area contributed by atoms with Crippen LogP contribution in [0.3, 0.4) is 0 Å². The molecule has 5 heteroatoms. The lowest BCUT2D eigenvalue weighted by atomic mass is 10.1. The average molecular weight is 261 g/mol. The molecule has 1 heterocycles. The Morgan fingerprint density at radius 3 is 2.89 bits per heavy atom. The summed E-state index contributed by atoms with van der Waals surface area (Å²) in [6.45, 7) is 4.06. The zero-order chi connectivity index (χ0) is 13.8. The molecule has 0 bridgehead atoms. The number of nitrogens with zero attached hydrogens (tertiary/aromatic N) is 2. The first-order valence-electron chi connectivity index (χ1n) is 6.40. The van der Waals surface area contributed by atoms with E-state index in [0.29, 0.717) is 11.7 Å². The molecule has 0 spiro atoms. The molecule has 1 aromatic heterocycles. The van der Waals surface area contributed by atoms with Gasteiger partial charge in [0.2, 0.25) is 0 Å². The maximum absolute atomic E-state index is 5.97. The predicted octanol–water partition coefficient (Wildman–Crippen LogP) is 2.85. The third-order valence-electron chi connectivity index (χ3n) is 3.03. The summed E-state index contributed by atoms with van der Waals surface area (Å²) in [5.74, 6) is 1.83. The summed E-state index contributed by atoms with van der Waals surface area (Å²) in [6, 6.07) is 5.61. The van der Waals surface area contributed by atoms with E-state index < -0.39 is 0 Å². The van der Waals surface area contributed by atoms with Crippen molar-refractivity contribution in [3.63, 3.8) is 0 Å². The first kappa shape index (κ1) is 13.5. The molecule has 1 unspecified atom stereocenters. The number of hydrogen-bond donors (Lipinski definition) is 1. The van der Waals surface area contributed by atoms with Crippen LogP contribution in [-0.2, 0) is 0 Å². The van der Waals surface area contributed by atoms with Gasteiger partial charge in [-0.15, -0.1) is 0 Å². The van der Waals surface area contributed by atoms with Crippen molar-refractivity contribution in [2.24, 2.45) is 5.73 Å². The number of nitrogens with two attached hydrogens (primary N) is 1. The van der Waals surface area contributed by atoms with Gasteiger partial charge in [-0.1, -0.05) is 24.6 Å². The molecule has 0 aliphatic heterocycles. The zero-order valence-electron chi connectivity index (χ0n) is 11.5. The smallest absolute Gasteiger partial charge is 0.258 e. The van der Waals surface area contributed by atoms with Crippen molar-refractivity contribution in [2.45, 2.75) is 32.7 Å². The molecule has 1 aromatic carbocycles. The molecule has 19 heavy (non-hydrogen) atoms. The number of benzene rings is 1. The number of methoxy groups -OCH3 is 1. The van der Waals surface area contributed by atoms with E-state index in [0.717, 1.165) is 29.7 Å². The normalized spacial score (nSPS) is 12.4. The first-order chi connectivity index (χ1) is 9.15. The topological polar surface area (TPSA) is 74.2 Å². The van der Waals surface area contributed by atoms with Crippen LogP contribution in [0.1, 0.15) is 37.2 Å². The molecule has 0 saturated heterocycles. The van der Waals surface area contributed by atoms with Gasteiger partial charge in [-0.25, -0.2) is 0 Å². The standard InChI is InChI=1S/C14H19N3O2/c1-4-5-11(15)13-16-14(19-17-13)10-7-6-9(2)12(8-10)18-3/h6-8,11H,4-5,15H2,1-3H3. The number of hydrogen-bond acceptors (Lipinski definition) is 5. The van der Waals surface area contributed by atoms with Crippen LogP contribution in [0.2, 0.25) is 0 Å². The second-order valence-electron chi connectivity index (χ2n) is 4.54. The van der Waals surface area contributed by atoms with Gasteiger partial charge in [0.05, 0.1) is 13.2 Å². The fourth-order valence-electron chi connectivity index (χ4n) is 1.90. The summed E-state index contributed by atoms with van der Waals surface area (Å²) >= 11 is 0. The number of ether oxygens (including phenoxy) is 1. The molecule has 2 aromatic rings.